The van der Waals surface area contributed by atoms with Gasteiger partial charge in [-0.2, -0.15) is 0 Å². The van der Waals surface area contributed by atoms with E-state index in [1.165, 1.54) is 0 Å². The van der Waals surface area contributed by atoms with Gasteiger partial charge in [0.2, 0.25) is 17.9 Å². The SMILES string of the molecule is COC(=O)CN(CC(=O)OC1C(=O)CCC1=O)C(=O)CNC(=O)CNC(=O)OC(C)(C)C. The maximum Gasteiger partial charge on any atom is 0.408 e. The van der Waals surface area contributed by atoms with Crippen LogP contribution in [0.2, 0.25) is 0 Å². The number of methoxy groups -OCH3 is 1. The van der Waals surface area contributed by atoms with Crippen molar-refractivity contribution in [3.05, 3.63) is 0 Å². The highest BCUT2D eigenvalue weighted by Crippen LogP contribution is 2.14. The zero-order valence-electron chi connectivity index (χ0n) is 18.3. The molecule has 1 fully saturated rings. The van der Waals surface area contributed by atoms with Crippen molar-refractivity contribution in [2.45, 2.75) is 45.3 Å². The molecule has 0 aromatic carbocycles. The number of esters is 2. The molecule has 0 radical (unpaired) electrons. The molecule has 1 rings (SSSR count). The third-order valence-corrected chi connectivity index (χ3v) is 3.90. The van der Waals surface area contributed by atoms with Crippen molar-refractivity contribution in [1.82, 2.24) is 15.5 Å². The van der Waals surface area contributed by atoms with Gasteiger partial charge in [0.05, 0.1) is 13.7 Å². The number of hydrogen-bond acceptors (Lipinski definition) is 10. The Bertz CT molecular complexity index is 771. The van der Waals surface area contributed by atoms with Crippen molar-refractivity contribution in [3.8, 4) is 0 Å². The minimum Gasteiger partial charge on any atom is -0.468 e. The van der Waals surface area contributed by atoms with Gasteiger partial charge in [-0.15, -0.1) is 0 Å². The number of amides is 3. The van der Waals surface area contributed by atoms with Crippen molar-refractivity contribution in [1.29, 1.82) is 0 Å². The maximum absolute atomic E-state index is 12.4. The Morgan fingerprint density at radius 1 is 0.938 bits per heavy atom. The summed E-state index contributed by atoms with van der Waals surface area (Å²) in [6.45, 7) is 2.45. The van der Waals surface area contributed by atoms with Gasteiger partial charge in [0.1, 0.15) is 25.2 Å². The highest BCUT2D eigenvalue weighted by molar-refractivity contribution is 6.12. The van der Waals surface area contributed by atoms with Gasteiger partial charge in [-0.05, 0) is 20.8 Å². The third kappa shape index (κ3) is 9.53. The molecule has 13 nitrogen and oxygen atoms in total. The lowest BCUT2D eigenvalue weighted by Crippen LogP contribution is -2.47. The van der Waals surface area contributed by atoms with Gasteiger partial charge in [0.15, 0.2) is 11.6 Å². The minimum absolute atomic E-state index is 0.0368. The number of carbonyl (C=O) groups excluding carboxylic acids is 7. The van der Waals surface area contributed by atoms with E-state index in [4.69, 9.17) is 9.47 Å². The molecule has 13 heteroatoms. The lowest BCUT2D eigenvalue weighted by molar-refractivity contribution is -0.161. The van der Waals surface area contributed by atoms with E-state index in [-0.39, 0.29) is 12.8 Å². The minimum atomic E-state index is -1.52. The Morgan fingerprint density at radius 3 is 2.03 bits per heavy atom. The van der Waals surface area contributed by atoms with E-state index >= 15 is 0 Å². The second-order valence-corrected chi connectivity index (χ2v) is 7.76. The number of hydrogen-bond donors (Lipinski definition) is 2. The Hall–Kier alpha value is -3.51. The van der Waals surface area contributed by atoms with E-state index in [9.17, 15) is 33.6 Å². The van der Waals surface area contributed by atoms with Crippen LogP contribution < -0.4 is 10.6 Å². The number of ketones is 2. The van der Waals surface area contributed by atoms with E-state index < -0.39 is 79.3 Å². The molecule has 32 heavy (non-hydrogen) atoms. The molecule has 0 aliphatic heterocycles. The molecule has 0 atom stereocenters. The first-order valence-corrected chi connectivity index (χ1v) is 9.65. The smallest absolute Gasteiger partial charge is 0.408 e. The van der Waals surface area contributed by atoms with Crippen LogP contribution in [0.5, 0.6) is 0 Å². The Kier molecular flexibility index (Phi) is 9.75. The molecule has 0 aromatic rings. The predicted molar refractivity (Wildman–Crippen MR) is 105 cm³/mol. The first-order chi connectivity index (χ1) is 14.8. The van der Waals surface area contributed by atoms with Crippen LogP contribution in [0.1, 0.15) is 33.6 Å². The second kappa shape index (κ2) is 11.8. The number of nitrogens with one attached hydrogen (secondary N) is 2. The number of nitrogens with zero attached hydrogens (tertiary/aromatic N) is 1. The number of carbonyl (C=O) groups is 7. The number of Topliss-reactive ketones (excluding diaryl/α,β-unsaturated/α-hetero) is 2. The zero-order chi connectivity index (χ0) is 24.5. The first-order valence-electron chi connectivity index (χ1n) is 9.65. The molecule has 0 saturated heterocycles. The highest BCUT2D eigenvalue weighted by atomic mass is 16.6. The average molecular weight is 457 g/mol. The highest BCUT2D eigenvalue weighted by Gasteiger charge is 2.36. The van der Waals surface area contributed by atoms with Crippen LogP contribution in [-0.2, 0) is 43.0 Å². The Balaban J connectivity index is 2.59. The molecule has 0 heterocycles. The van der Waals surface area contributed by atoms with Crippen LogP contribution in [0.25, 0.3) is 0 Å². The van der Waals surface area contributed by atoms with E-state index in [2.05, 4.69) is 15.4 Å². The summed E-state index contributed by atoms with van der Waals surface area (Å²) in [6.07, 6.45) is -2.42. The van der Waals surface area contributed by atoms with Crippen molar-refractivity contribution in [2.75, 3.05) is 33.3 Å². The van der Waals surface area contributed by atoms with Gasteiger partial charge in [0, 0.05) is 12.8 Å². The molecule has 3 amide bonds. The van der Waals surface area contributed by atoms with Gasteiger partial charge in [0.25, 0.3) is 0 Å². The maximum atomic E-state index is 12.4. The topological polar surface area (TPSA) is 174 Å². The summed E-state index contributed by atoms with van der Waals surface area (Å²) in [5.41, 5.74) is -0.757. The van der Waals surface area contributed by atoms with Crippen LogP contribution in [0.4, 0.5) is 4.79 Å². The fourth-order valence-electron chi connectivity index (χ4n) is 2.41. The molecule has 2 N–H and O–H groups in total. The van der Waals surface area contributed by atoms with E-state index in [1.54, 1.807) is 20.8 Å². The molecular formula is C19H27N3O10. The molecule has 0 bridgehead atoms. The average Bonchev–Trinajstić information content (AvgIpc) is 3.00. The van der Waals surface area contributed by atoms with Crippen LogP contribution in [-0.4, -0.2) is 91.3 Å². The van der Waals surface area contributed by atoms with Crippen molar-refractivity contribution >= 4 is 41.4 Å². The quantitative estimate of drug-likeness (QED) is 0.235. The third-order valence-electron chi connectivity index (χ3n) is 3.90. The van der Waals surface area contributed by atoms with Gasteiger partial charge < -0.3 is 29.7 Å². The molecule has 0 spiro atoms. The van der Waals surface area contributed by atoms with Gasteiger partial charge in [-0.3, -0.25) is 28.8 Å². The number of alkyl carbamates (subject to hydrolysis) is 1. The summed E-state index contributed by atoms with van der Waals surface area (Å²) in [4.78, 5) is 83.3. The molecule has 0 unspecified atom stereocenters. The zero-order valence-corrected chi connectivity index (χ0v) is 18.3. The monoisotopic (exact) mass is 457 g/mol. The largest absolute Gasteiger partial charge is 0.468 e. The summed E-state index contributed by atoms with van der Waals surface area (Å²) in [5, 5.41) is 4.42. The summed E-state index contributed by atoms with van der Waals surface area (Å²) in [5.74, 6) is -4.59. The summed E-state index contributed by atoms with van der Waals surface area (Å²) in [6, 6.07) is 0. The van der Waals surface area contributed by atoms with Crippen molar-refractivity contribution < 1.29 is 47.8 Å². The van der Waals surface area contributed by atoms with Crippen LogP contribution in [0, 0.1) is 0 Å². The van der Waals surface area contributed by atoms with Crippen molar-refractivity contribution in [3.63, 3.8) is 0 Å². The molecule has 178 valence electrons. The van der Waals surface area contributed by atoms with Crippen LogP contribution in [0.3, 0.4) is 0 Å². The fraction of sp³-hybridized carbons (Fsp3) is 0.632. The Labute approximate surface area is 184 Å². The molecule has 1 aliphatic rings. The van der Waals surface area contributed by atoms with Crippen LogP contribution >= 0.6 is 0 Å². The molecule has 0 aromatic heterocycles. The summed E-state index contributed by atoms with van der Waals surface area (Å²) >= 11 is 0. The molecule has 1 aliphatic carbocycles. The first kappa shape index (κ1) is 26.5. The number of ether oxygens (including phenoxy) is 3. The van der Waals surface area contributed by atoms with Crippen molar-refractivity contribution in [2.24, 2.45) is 0 Å². The lowest BCUT2D eigenvalue weighted by atomic mass is 10.2. The van der Waals surface area contributed by atoms with E-state index in [0.717, 1.165) is 12.0 Å². The predicted octanol–water partition coefficient (Wildman–Crippen LogP) is -1.53. The number of rotatable bonds is 9. The molecular weight excluding hydrogens is 430 g/mol. The Morgan fingerprint density at radius 2 is 1.50 bits per heavy atom. The summed E-state index contributed by atoms with van der Waals surface area (Å²) < 4.78 is 14.3. The van der Waals surface area contributed by atoms with Gasteiger partial charge >= 0.3 is 18.0 Å². The normalized spacial score (nSPS) is 13.9. The van der Waals surface area contributed by atoms with Gasteiger partial charge in [-0.25, -0.2) is 4.79 Å². The molecule has 1 saturated carbocycles. The lowest BCUT2D eigenvalue weighted by Gasteiger charge is -2.21. The van der Waals surface area contributed by atoms with E-state index in [0.29, 0.717) is 0 Å². The standard InChI is InChI=1S/C19H27N3O10/c1-19(2,3)32-18(29)21-7-13(25)20-8-14(26)22(9-15(27)30-4)10-16(28)31-17-11(23)5-6-12(17)24/h17H,5-10H2,1-4H3,(H,20,25)(H,21,29). The van der Waals surface area contributed by atoms with Gasteiger partial charge in [-0.1, -0.05) is 0 Å². The fourth-order valence-corrected chi connectivity index (χ4v) is 2.41. The second-order valence-electron chi connectivity index (χ2n) is 7.76. The summed E-state index contributed by atoms with van der Waals surface area (Å²) in [7, 11) is 1.07. The van der Waals surface area contributed by atoms with Crippen LogP contribution in [0.15, 0.2) is 0 Å². The van der Waals surface area contributed by atoms with E-state index in [1.807, 2.05) is 0 Å².